The Hall–Kier alpha value is -16.1. The molecular formula is C108H102BClF3N13O18. The number of fused-ring (bicyclic) bond motifs is 7. The fourth-order valence-electron chi connectivity index (χ4n) is 15.9. The average molecular weight is 1970 g/mol. The summed E-state index contributed by atoms with van der Waals surface area (Å²) in [5.41, 5.74) is 11.1. The van der Waals surface area contributed by atoms with E-state index in [2.05, 4.69) is 58.3 Å². The topological polar surface area (TPSA) is 393 Å². The van der Waals surface area contributed by atoms with Crippen LogP contribution in [-0.2, 0) is 73.3 Å². The number of aliphatic carboxylic acids is 1. The SMILES string of the molecule is C=C(C)B1OC(C)(C)C(C)(C)O1.C=C(C)c1nc2ccccc2o1.CC1(c2nc3ccccc3o2)CC(c2ccc3c(=O)n(-c4ccc(F)cc4)c(CCCCC(=O)O)nc3c2)=NO1.COC(=O)CCCCc1nc2cc(/C=N/O)ccc2c(=O)n1-c1ccc(F)cc1.COC(=O)CCCCc1nc2cc(C3=NOC(C)(c4nc5ccccc5o4)C3)ccc2c(=O)n1-c1ccc(F)cc1.Clc1nc2ccccc2o1. The van der Waals surface area contributed by atoms with Gasteiger partial charge in [0.25, 0.3) is 22.0 Å². The molecule has 31 nitrogen and oxygen atoms in total. The van der Waals surface area contributed by atoms with E-state index in [1.807, 2.05) is 165 Å². The number of hydrogen-bond acceptors (Lipinski definition) is 27. The highest BCUT2D eigenvalue weighted by molar-refractivity contribution is 6.54. The highest BCUT2D eigenvalue weighted by Gasteiger charge is 2.51. The van der Waals surface area contributed by atoms with Crippen molar-refractivity contribution in [2.75, 3.05) is 14.2 Å². The van der Waals surface area contributed by atoms with E-state index in [1.54, 1.807) is 54.6 Å². The highest BCUT2D eigenvalue weighted by Crippen LogP contribution is 2.41. The largest absolute Gasteiger partial charge is 0.489 e. The third-order valence-corrected chi connectivity index (χ3v) is 24.5. The summed E-state index contributed by atoms with van der Waals surface area (Å²) in [4.78, 5) is 118. The van der Waals surface area contributed by atoms with Gasteiger partial charge in [0.1, 0.15) is 57.0 Å². The molecule has 1 fully saturated rings. The second kappa shape index (κ2) is 44.8. The highest BCUT2D eigenvalue weighted by atomic mass is 35.5. The third kappa shape index (κ3) is 24.0. The summed E-state index contributed by atoms with van der Waals surface area (Å²) in [6.07, 6.45) is 7.25. The molecule has 0 amide bonds. The zero-order valence-corrected chi connectivity index (χ0v) is 81.3. The number of oxazole rings is 4. The normalized spacial score (nSPS) is 15.4. The van der Waals surface area contributed by atoms with Gasteiger partial charge in [-0.15, -0.1) is 6.58 Å². The molecule has 0 aliphatic carbocycles. The first-order chi connectivity index (χ1) is 69.1. The summed E-state index contributed by atoms with van der Waals surface area (Å²) in [6.45, 7) is 23.3. The van der Waals surface area contributed by atoms with E-state index >= 15 is 0 Å². The van der Waals surface area contributed by atoms with Gasteiger partial charge in [0, 0.05) is 68.1 Å². The predicted molar refractivity (Wildman–Crippen MR) is 541 cm³/mol. The molecule has 2 atom stereocenters. The van der Waals surface area contributed by atoms with Crippen LogP contribution in [0.25, 0.3) is 99.7 Å². The molecule has 0 bridgehead atoms. The van der Waals surface area contributed by atoms with Gasteiger partial charge in [0.05, 0.1) is 92.8 Å². The van der Waals surface area contributed by atoms with Gasteiger partial charge < -0.3 is 56.4 Å². The van der Waals surface area contributed by atoms with Crippen LogP contribution in [-0.4, -0.2) is 127 Å². The number of allylic oxidation sites excluding steroid dienone is 2. The van der Waals surface area contributed by atoms with Crippen molar-refractivity contribution < 1.29 is 84.0 Å². The van der Waals surface area contributed by atoms with Crippen molar-refractivity contribution in [3.8, 4) is 17.1 Å². The van der Waals surface area contributed by atoms with Crippen LogP contribution in [0.2, 0.25) is 5.35 Å². The molecule has 144 heavy (non-hydrogen) atoms. The van der Waals surface area contributed by atoms with Crippen LogP contribution in [0.3, 0.4) is 0 Å². The molecule has 738 valence electrons. The second-order valence-electron chi connectivity index (χ2n) is 35.8. The van der Waals surface area contributed by atoms with Crippen molar-refractivity contribution in [2.45, 2.75) is 168 Å². The van der Waals surface area contributed by atoms with Crippen molar-refractivity contribution in [1.82, 2.24) is 48.6 Å². The van der Waals surface area contributed by atoms with Crippen LogP contribution >= 0.6 is 11.6 Å². The molecule has 0 saturated carbocycles. The van der Waals surface area contributed by atoms with Crippen LogP contribution in [0, 0.1) is 17.5 Å². The number of methoxy groups -OCH3 is 2. The fraction of sp³-hybridized carbons (Fsp3) is 0.259. The van der Waals surface area contributed by atoms with Crippen molar-refractivity contribution in [2.24, 2.45) is 15.5 Å². The average Bonchev–Trinajstić information content (AvgIpc) is 1.63. The van der Waals surface area contributed by atoms with E-state index in [1.165, 1.54) is 94.8 Å². The Morgan fingerprint density at radius 2 is 0.806 bits per heavy atom. The Morgan fingerprint density at radius 1 is 0.451 bits per heavy atom. The predicted octanol–water partition coefficient (Wildman–Crippen LogP) is 21.8. The molecule has 1 saturated heterocycles. The number of benzene rings is 10. The number of carboxylic acid groups (broad SMARTS) is 1. The lowest BCUT2D eigenvalue weighted by atomic mass is 9.81. The van der Waals surface area contributed by atoms with Crippen molar-refractivity contribution in [3.05, 3.63) is 349 Å². The molecule has 0 radical (unpaired) electrons. The summed E-state index contributed by atoms with van der Waals surface area (Å²) in [5, 5.41) is 30.8. The Bertz CT molecular complexity index is 7800. The first-order valence-corrected chi connectivity index (χ1v) is 46.7. The lowest BCUT2D eigenvalue weighted by Crippen LogP contribution is -2.41. The number of hydrogen-bond donors (Lipinski definition) is 2. The van der Waals surface area contributed by atoms with Gasteiger partial charge in [-0.2, -0.15) is 4.98 Å². The van der Waals surface area contributed by atoms with E-state index in [0.29, 0.717) is 184 Å². The summed E-state index contributed by atoms with van der Waals surface area (Å²) in [6, 6.07) is 62.7. The fourth-order valence-corrected chi connectivity index (χ4v) is 16.1. The summed E-state index contributed by atoms with van der Waals surface area (Å²) < 4.78 is 88.1. The van der Waals surface area contributed by atoms with Gasteiger partial charge in [0.2, 0.25) is 28.9 Å². The number of carbonyl (C=O) groups is 3. The molecule has 2 unspecified atom stereocenters. The Morgan fingerprint density at radius 3 is 1.15 bits per heavy atom. The second-order valence-corrected chi connectivity index (χ2v) is 36.1. The van der Waals surface area contributed by atoms with E-state index in [-0.39, 0.29) is 71.5 Å². The number of unbranched alkanes of at least 4 members (excludes halogenated alkanes) is 3. The molecule has 2 N–H and O–H groups in total. The van der Waals surface area contributed by atoms with Crippen LogP contribution in [0.5, 0.6) is 0 Å². The summed E-state index contributed by atoms with van der Waals surface area (Å²) >= 11 is 5.51. The monoisotopic (exact) mass is 1970 g/mol. The zero-order valence-electron chi connectivity index (χ0n) is 80.6. The molecule has 36 heteroatoms. The van der Waals surface area contributed by atoms with Gasteiger partial charge in [-0.05, 0) is 269 Å². The van der Waals surface area contributed by atoms with Crippen molar-refractivity contribution in [1.29, 1.82) is 0 Å². The number of carboxylic acids is 1. The lowest BCUT2D eigenvalue weighted by Gasteiger charge is -2.32. The molecule has 10 heterocycles. The standard InChI is InChI=1S/C31H27FN4O5.C30H25FN4O5.C21H20FN3O4.C10H9NO.C9H17BO2.C7H4ClNO/c1-31(30-34-23-7-3-4-8-26(23)40-30)18-25(35-41-31)19-11-16-22-24(17-19)33-27(9-5-6-10-28(37)39-2)36(29(22)38)21-14-12-20(32)13-15-21;1-30(29-33-22-6-2-3-7-25(22)39-29)17-24(34-40-30)18-10-15-21-23(16-18)32-26(8-4-5-9-27(36)37)35(28(21)38)20-13-11-19(31)12-14-20;1-29-20(26)5-3-2-4-19-24-18-12-14(13-23-28)6-11-17(18)21(27)25(19)16-9-7-15(22)8-10-16;1-7(2)10-11-8-5-3-4-6-9(8)12-10;1-7(2)10-11-8(3,4)9(5,6)12-10;8-7-9-5-3-1-2-4-6(5)10-7/h3-4,7-8,11-17H,5-6,9-10,18H2,1-2H3;2-3,6-7,10-16H,4-5,8-9,17H2,1H3,(H,36,37);6-13,28H,2-5H2,1H3;3-6H,1H2,2H3;1H2,2-6H3;1-4H/b;;23-13+;;;. The number of nitrogens with zero attached hydrogens (tertiary/aromatic N) is 13. The number of esters is 2. The van der Waals surface area contributed by atoms with Gasteiger partial charge in [-0.25, -0.2) is 43.1 Å². The maximum Gasteiger partial charge on any atom is 0.489 e. The minimum atomic E-state index is -0.891. The minimum Gasteiger partial charge on any atom is -0.481 e. The molecule has 7 aromatic heterocycles. The Balaban J connectivity index is 0.000000140. The minimum absolute atomic E-state index is 0.0250. The first-order valence-electron chi connectivity index (χ1n) is 46.3. The van der Waals surface area contributed by atoms with Gasteiger partial charge >= 0.3 is 25.0 Å². The van der Waals surface area contributed by atoms with Crippen molar-refractivity contribution in [3.63, 3.8) is 0 Å². The van der Waals surface area contributed by atoms with Crippen LogP contribution in [0.1, 0.15) is 178 Å². The molecule has 10 aromatic carbocycles. The number of aromatic nitrogens is 10. The maximum atomic E-state index is 13.7. The number of rotatable bonds is 25. The molecule has 3 aliphatic heterocycles. The van der Waals surface area contributed by atoms with E-state index < -0.39 is 34.6 Å². The Labute approximate surface area is 828 Å². The smallest absolute Gasteiger partial charge is 0.481 e. The third-order valence-electron chi connectivity index (χ3n) is 24.3. The first kappa shape index (κ1) is 102. The Kier molecular flexibility index (Phi) is 31.8. The molecule has 0 spiro atoms. The molecule has 20 rings (SSSR count). The number of ether oxygens (including phenoxy) is 2. The van der Waals surface area contributed by atoms with E-state index in [4.69, 9.17) is 73.3 Å². The van der Waals surface area contributed by atoms with Crippen LogP contribution in [0.4, 0.5) is 13.2 Å². The molecular weight excluding hydrogens is 1870 g/mol. The number of carbonyl (C=O) groups excluding carboxylic acids is 2. The number of aryl methyl sites for hydroxylation is 3. The summed E-state index contributed by atoms with van der Waals surface area (Å²) in [7, 11) is 2.45. The van der Waals surface area contributed by atoms with Gasteiger partial charge in [-0.3, -0.25) is 42.5 Å². The quantitative estimate of drug-likeness (QED) is 0.0134. The number of oxime groups is 3. The van der Waals surface area contributed by atoms with E-state index in [0.717, 1.165) is 55.4 Å². The van der Waals surface area contributed by atoms with Crippen LogP contribution in [0.15, 0.2) is 291 Å². The van der Waals surface area contributed by atoms with E-state index in [9.17, 15) is 41.9 Å². The molecule has 3 aliphatic rings. The maximum absolute atomic E-state index is 13.7. The molecule has 17 aromatic rings. The lowest BCUT2D eigenvalue weighted by molar-refractivity contribution is -0.141. The zero-order chi connectivity index (χ0) is 102. The summed E-state index contributed by atoms with van der Waals surface area (Å²) in [5.74, 6) is 0.288. The van der Waals surface area contributed by atoms with Gasteiger partial charge in [-0.1, -0.05) is 94.2 Å². The number of para-hydroxylation sites is 8. The van der Waals surface area contributed by atoms with Gasteiger partial charge in [0.15, 0.2) is 22.3 Å². The van der Waals surface area contributed by atoms with Crippen molar-refractivity contribution >= 4 is 137 Å². The number of halogens is 4. The van der Waals surface area contributed by atoms with Crippen LogP contribution < -0.4 is 16.7 Å².